The number of methoxy groups -OCH3 is 2. The number of nitrogens with one attached hydrogen (secondary N) is 1. The van der Waals surface area contributed by atoms with Crippen LogP contribution in [0.5, 0.6) is 0 Å². The molecule has 0 atom stereocenters. The Morgan fingerprint density at radius 2 is 1.80 bits per heavy atom. The van der Waals surface area contributed by atoms with Gasteiger partial charge in [0.05, 0.1) is 36.0 Å². The van der Waals surface area contributed by atoms with Crippen LogP contribution in [0.4, 0.5) is 0 Å². The summed E-state index contributed by atoms with van der Waals surface area (Å²) in [6, 6.07) is 7.43. The number of fused-ring (bicyclic) bond motifs is 1. The van der Waals surface area contributed by atoms with Gasteiger partial charge in [0, 0.05) is 32.0 Å². The van der Waals surface area contributed by atoms with E-state index in [2.05, 4.69) is 15.0 Å². The predicted octanol–water partition coefficient (Wildman–Crippen LogP) is 1.43. The van der Waals surface area contributed by atoms with Crippen molar-refractivity contribution in [3.63, 3.8) is 0 Å². The van der Waals surface area contributed by atoms with E-state index in [1.54, 1.807) is 7.11 Å². The molecule has 0 fully saturated rings. The zero-order valence-electron chi connectivity index (χ0n) is 16.6. The molecular weight excluding hydrogens is 390 g/mol. The second kappa shape index (κ2) is 9.27. The SMILES string of the molecule is COCCCN1C(=O)c2ccc(C(=O)NCc3cc(C(=O)OC)ccn3)cc2C1=O. The van der Waals surface area contributed by atoms with Crippen molar-refractivity contribution in [3.8, 4) is 0 Å². The first kappa shape index (κ1) is 21.1. The molecular formula is C21H21N3O6. The number of ether oxygens (including phenoxy) is 2. The molecule has 3 amide bonds. The highest BCUT2D eigenvalue weighted by molar-refractivity contribution is 6.22. The largest absolute Gasteiger partial charge is 0.465 e. The highest BCUT2D eigenvalue weighted by Crippen LogP contribution is 2.24. The highest BCUT2D eigenvalue weighted by Gasteiger charge is 2.35. The van der Waals surface area contributed by atoms with Crippen LogP contribution < -0.4 is 5.32 Å². The maximum Gasteiger partial charge on any atom is 0.337 e. The molecule has 9 heteroatoms. The Bertz CT molecular complexity index is 1000. The van der Waals surface area contributed by atoms with Crippen LogP contribution in [0.2, 0.25) is 0 Å². The molecule has 0 saturated carbocycles. The van der Waals surface area contributed by atoms with Crippen LogP contribution in [0.3, 0.4) is 0 Å². The Kier molecular flexibility index (Phi) is 6.53. The van der Waals surface area contributed by atoms with E-state index in [0.29, 0.717) is 24.3 Å². The molecule has 0 saturated heterocycles. The second-order valence-corrected chi connectivity index (χ2v) is 6.58. The predicted molar refractivity (Wildman–Crippen MR) is 105 cm³/mol. The summed E-state index contributed by atoms with van der Waals surface area (Å²) in [6.07, 6.45) is 1.98. The monoisotopic (exact) mass is 411 g/mol. The average Bonchev–Trinajstić information content (AvgIpc) is 3.01. The van der Waals surface area contributed by atoms with Crippen LogP contribution in [-0.2, 0) is 16.0 Å². The Hall–Kier alpha value is -3.59. The molecule has 156 valence electrons. The van der Waals surface area contributed by atoms with Gasteiger partial charge >= 0.3 is 5.97 Å². The number of hydrogen-bond acceptors (Lipinski definition) is 7. The van der Waals surface area contributed by atoms with Gasteiger partial charge < -0.3 is 14.8 Å². The van der Waals surface area contributed by atoms with E-state index in [0.717, 1.165) is 4.90 Å². The summed E-state index contributed by atoms with van der Waals surface area (Å²) < 4.78 is 9.62. The topological polar surface area (TPSA) is 115 Å². The highest BCUT2D eigenvalue weighted by atomic mass is 16.5. The van der Waals surface area contributed by atoms with Crippen LogP contribution in [0.1, 0.15) is 53.5 Å². The number of carbonyl (C=O) groups is 4. The van der Waals surface area contributed by atoms with Crippen molar-refractivity contribution in [1.82, 2.24) is 15.2 Å². The Morgan fingerprint density at radius 1 is 1.03 bits per heavy atom. The van der Waals surface area contributed by atoms with Crippen molar-refractivity contribution < 1.29 is 28.7 Å². The summed E-state index contributed by atoms with van der Waals surface area (Å²) >= 11 is 0. The number of aromatic nitrogens is 1. The van der Waals surface area contributed by atoms with Gasteiger partial charge in [0.1, 0.15) is 0 Å². The third-order valence-electron chi connectivity index (χ3n) is 4.63. The van der Waals surface area contributed by atoms with E-state index < -0.39 is 17.8 Å². The van der Waals surface area contributed by atoms with E-state index in [9.17, 15) is 19.2 Å². The van der Waals surface area contributed by atoms with Gasteiger partial charge in [-0.15, -0.1) is 0 Å². The number of hydrogen-bond donors (Lipinski definition) is 1. The first-order valence-electron chi connectivity index (χ1n) is 9.27. The standard InChI is InChI=1S/C21H21N3O6/c1-29-9-3-8-24-19(26)16-5-4-13(11-17(16)20(24)27)18(25)23-12-15-10-14(6-7-22-15)21(28)30-2/h4-7,10-11H,3,8-9,12H2,1-2H3,(H,23,25). The molecule has 0 spiro atoms. The summed E-state index contributed by atoms with van der Waals surface area (Å²) in [5.74, 6) is -1.72. The minimum atomic E-state index is -0.498. The lowest BCUT2D eigenvalue weighted by Gasteiger charge is -2.12. The Balaban J connectivity index is 1.69. The van der Waals surface area contributed by atoms with Crippen molar-refractivity contribution >= 4 is 23.7 Å². The molecule has 1 aliphatic heterocycles. The molecule has 1 aromatic heterocycles. The van der Waals surface area contributed by atoms with Gasteiger partial charge in [-0.1, -0.05) is 0 Å². The summed E-state index contributed by atoms with van der Waals surface area (Å²) in [5, 5.41) is 2.69. The lowest BCUT2D eigenvalue weighted by molar-refractivity contribution is 0.0597. The molecule has 1 aromatic carbocycles. The lowest BCUT2D eigenvalue weighted by atomic mass is 10.1. The third kappa shape index (κ3) is 4.36. The van der Waals surface area contributed by atoms with Crippen LogP contribution in [-0.4, -0.2) is 60.9 Å². The molecule has 0 bridgehead atoms. The summed E-state index contributed by atoms with van der Waals surface area (Å²) in [7, 11) is 2.83. The van der Waals surface area contributed by atoms with Crippen LogP contribution >= 0.6 is 0 Å². The second-order valence-electron chi connectivity index (χ2n) is 6.58. The van der Waals surface area contributed by atoms with Crippen LogP contribution in [0.25, 0.3) is 0 Å². The smallest absolute Gasteiger partial charge is 0.337 e. The minimum Gasteiger partial charge on any atom is -0.465 e. The fraction of sp³-hybridized carbons (Fsp3) is 0.286. The first-order valence-corrected chi connectivity index (χ1v) is 9.27. The lowest BCUT2D eigenvalue weighted by Crippen LogP contribution is -2.31. The Labute approximate surface area is 173 Å². The van der Waals surface area contributed by atoms with Gasteiger partial charge in [-0.3, -0.25) is 24.3 Å². The van der Waals surface area contributed by atoms with Gasteiger partial charge in [-0.05, 0) is 36.8 Å². The van der Waals surface area contributed by atoms with Gasteiger partial charge in [0.2, 0.25) is 0 Å². The number of amides is 3. The van der Waals surface area contributed by atoms with E-state index in [1.165, 1.54) is 43.6 Å². The third-order valence-corrected chi connectivity index (χ3v) is 4.63. The number of pyridine rings is 1. The number of esters is 1. The fourth-order valence-corrected chi connectivity index (χ4v) is 3.09. The molecule has 3 rings (SSSR count). The normalized spacial score (nSPS) is 12.7. The summed E-state index contributed by atoms with van der Waals surface area (Å²) in [6.45, 7) is 0.771. The molecule has 0 aliphatic carbocycles. The van der Waals surface area contributed by atoms with Crippen molar-refractivity contribution in [2.45, 2.75) is 13.0 Å². The number of benzene rings is 1. The van der Waals surface area contributed by atoms with Gasteiger partial charge in [0.25, 0.3) is 17.7 Å². The summed E-state index contributed by atoms with van der Waals surface area (Å²) in [4.78, 5) is 54.4. The van der Waals surface area contributed by atoms with Crippen molar-refractivity contribution in [2.75, 3.05) is 27.4 Å². The van der Waals surface area contributed by atoms with E-state index >= 15 is 0 Å². The quantitative estimate of drug-likeness (QED) is 0.397. The van der Waals surface area contributed by atoms with Gasteiger partial charge in [0.15, 0.2) is 0 Å². The molecule has 1 N–H and O–H groups in total. The molecule has 2 heterocycles. The first-order chi connectivity index (χ1) is 14.5. The molecule has 0 unspecified atom stereocenters. The number of rotatable bonds is 8. The molecule has 1 aliphatic rings. The van der Waals surface area contributed by atoms with Crippen molar-refractivity contribution in [2.24, 2.45) is 0 Å². The van der Waals surface area contributed by atoms with Gasteiger partial charge in [-0.25, -0.2) is 4.79 Å². The zero-order chi connectivity index (χ0) is 21.7. The molecule has 9 nitrogen and oxygen atoms in total. The van der Waals surface area contributed by atoms with Crippen LogP contribution in [0.15, 0.2) is 36.5 Å². The Morgan fingerprint density at radius 3 is 2.53 bits per heavy atom. The van der Waals surface area contributed by atoms with Crippen molar-refractivity contribution in [3.05, 3.63) is 64.5 Å². The number of imide groups is 1. The summed E-state index contributed by atoms with van der Waals surface area (Å²) in [5.41, 5.74) is 1.53. The average molecular weight is 411 g/mol. The zero-order valence-corrected chi connectivity index (χ0v) is 16.6. The minimum absolute atomic E-state index is 0.0801. The molecule has 0 radical (unpaired) electrons. The number of carbonyl (C=O) groups excluding carboxylic acids is 4. The van der Waals surface area contributed by atoms with E-state index in [4.69, 9.17) is 4.74 Å². The van der Waals surface area contributed by atoms with Crippen LogP contribution in [0, 0.1) is 0 Å². The maximum atomic E-state index is 12.6. The number of nitrogens with zero attached hydrogens (tertiary/aromatic N) is 2. The van der Waals surface area contributed by atoms with Crippen molar-refractivity contribution in [1.29, 1.82) is 0 Å². The molecule has 2 aromatic rings. The fourth-order valence-electron chi connectivity index (χ4n) is 3.09. The van der Waals surface area contributed by atoms with E-state index in [1.807, 2.05) is 0 Å². The van der Waals surface area contributed by atoms with Gasteiger partial charge in [-0.2, -0.15) is 0 Å². The maximum absolute atomic E-state index is 12.6. The molecule has 30 heavy (non-hydrogen) atoms. The van der Waals surface area contributed by atoms with E-state index in [-0.39, 0.29) is 35.7 Å².